The van der Waals surface area contributed by atoms with E-state index in [-0.39, 0.29) is 30.0 Å². The lowest BCUT2D eigenvalue weighted by molar-refractivity contribution is -0.133. The number of piperidine rings is 2. The van der Waals surface area contributed by atoms with Crippen LogP contribution in [0.25, 0.3) is 0 Å². The van der Waals surface area contributed by atoms with E-state index in [0.717, 1.165) is 51.0 Å². The Labute approximate surface area is 227 Å². The van der Waals surface area contributed by atoms with Gasteiger partial charge in [0.05, 0.1) is 0 Å². The lowest BCUT2D eigenvalue weighted by atomic mass is 9.89. The largest absolute Gasteiger partial charge is 0.444 e. The van der Waals surface area contributed by atoms with Gasteiger partial charge in [0, 0.05) is 49.5 Å². The molecule has 3 aliphatic rings. The average molecular weight is 528 g/mol. The summed E-state index contributed by atoms with van der Waals surface area (Å²) in [6.45, 7) is 8.89. The Bertz CT molecular complexity index is 960. The van der Waals surface area contributed by atoms with Crippen LogP contribution in [0.4, 0.5) is 16.2 Å². The van der Waals surface area contributed by atoms with Crippen molar-refractivity contribution in [3.05, 3.63) is 24.3 Å². The molecule has 0 aromatic heterocycles. The summed E-state index contributed by atoms with van der Waals surface area (Å²) < 4.78 is 5.41. The summed E-state index contributed by atoms with van der Waals surface area (Å²) in [5, 5.41) is 8.69. The zero-order chi connectivity index (χ0) is 27.3. The van der Waals surface area contributed by atoms with Crippen LogP contribution in [-0.4, -0.2) is 73.2 Å². The molecule has 1 atom stereocenters. The Hall–Kier alpha value is -2.81. The van der Waals surface area contributed by atoms with E-state index in [1.807, 2.05) is 32.9 Å². The van der Waals surface area contributed by atoms with Crippen LogP contribution < -0.4 is 20.9 Å². The number of carbonyl (C=O) groups is 3. The standard InChI is InChI=1S/C29H45N5O4/c1-29(2,3)38-28(37)31-22-5-9-23(10-6-22)33(4)19-20-15-17-34(18-16-20)24-11-7-21(8-12-24)30-25-13-14-26(35)32-27(25)36/h7-8,11-12,20,22-23,25,30H,5-6,9-10,13-19H2,1-4H3,(H,31,37)(H,32,35,36). The highest BCUT2D eigenvalue weighted by molar-refractivity contribution is 6.01. The third-order valence-corrected chi connectivity index (χ3v) is 8.01. The lowest BCUT2D eigenvalue weighted by Gasteiger charge is -2.39. The SMILES string of the molecule is CN(CC1CCN(c2ccc(NC3CCC(=O)NC3=O)cc2)CC1)C1CCC(NC(=O)OC(C)(C)C)CC1. The molecule has 0 bridgehead atoms. The number of hydrogen-bond donors (Lipinski definition) is 3. The Morgan fingerprint density at radius 1 is 1.03 bits per heavy atom. The first-order chi connectivity index (χ1) is 18.1. The first kappa shape index (κ1) is 28.2. The number of hydrogen-bond acceptors (Lipinski definition) is 7. The quantitative estimate of drug-likeness (QED) is 0.462. The van der Waals surface area contributed by atoms with Gasteiger partial charge in [0.1, 0.15) is 11.6 Å². The van der Waals surface area contributed by atoms with Crippen molar-refractivity contribution < 1.29 is 19.1 Å². The van der Waals surface area contributed by atoms with E-state index in [2.05, 4.69) is 44.9 Å². The molecule has 3 amide bonds. The van der Waals surface area contributed by atoms with E-state index >= 15 is 0 Å². The van der Waals surface area contributed by atoms with Crippen molar-refractivity contribution in [2.45, 2.75) is 95.9 Å². The molecule has 3 N–H and O–H groups in total. The third-order valence-electron chi connectivity index (χ3n) is 8.01. The second-order valence-electron chi connectivity index (χ2n) is 12.2. The minimum absolute atomic E-state index is 0.196. The zero-order valence-corrected chi connectivity index (χ0v) is 23.4. The number of imide groups is 1. The predicted octanol–water partition coefficient (Wildman–Crippen LogP) is 3.89. The summed E-state index contributed by atoms with van der Waals surface area (Å²) >= 11 is 0. The fourth-order valence-electron chi connectivity index (χ4n) is 5.87. The van der Waals surface area contributed by atoms with Crippen LogP contribution in [0.5, 0.6) is 0 Å². The van der Waals surface area contributed by atoms with Crippen molar-refractivity contribution in [2.75, 3.05) is 36.9 Å². The van der Waals surface area contributed by atoms with E-state index in [0.29, 0.717) is 24.8 Å². The molecule has 9 heteroatoms. The topological polar surface area (TPSA) is 103 Å². The fraction of sp³-hybridized carbons (Fsp3) is 0.690. The van der Waals surface area contributed by atoms with Crippen molar-refractivity contribution in [1.82, 2.24) is 15.5 Å². The molecule has 9 nitrogen and oxygen atoms in total. The molecule has 1 aliphatic carbocycles. The first-order valence-electron chi connectivity index (χ1n) is 14.2. The van der Waals surface area contributed by atoms with Crippen molar-refractivity contribution in [3.8, 4) is 0 Å². The Balaban J connectivity index is 1.16. The molecule has 2 heterocycles. The van der Waals surface area contributed by atoms with Gasteiger partial charge >= 0.3 is 6.09 Å². The van der Waals surface area contributed by atoms with E-state index in [1.165, 1.54) is 18.5 Å². The van der Waals surface area contributed by atoms with Gasteiger partial charge in [-0.25, -0.2) is 4.79 Å². The number of alkyl carbamates (subject to hydrolysis) is 1. The minimum atomic E-state index is -0.463. The number of rotatable bonds is 7. The Morgan fingerprint density at radius 3 is 2.29 bits per heavy atom. The van der Waals surface area contributed by atoms with Crippen LogP contribution in [0.2, 0.25) is 0 Å². The number of amides is 3. The molecule has 1 aromatic rings. The highest BCUT2D eigenvalue weighted by Gasteiger charge is 2.29. The average Bonchev–Trinajstić information content (AvgIpc) is 2.86. The second kappa shape index (κ2) is 12.4. The summed E-state index contributed by atoms with van der Waals surface area (Å²) in [5.41, 5.74) is 1.65. The molecule has 0 spiro atoms. The lowest BCUT2D eigenvalue weighted by Crippen LogP contribution is -2.47. The normalized spacial score (nSPS) is 25.2. The predicted molar refractivity (Wildman–Crippen MR) is 149 cm³/mol. The van der Waals surface area contributed by atoms with Gasteiger partial charge in [-0.1, -0.05) is 0 Å². The first-order valence-corrected chi connectivity index (χ1v) is 14.2. The van der Waals surface area contributed by atoms with E-state index < -0.39 is 5.60 Å². The van der Waals surface area contributed by atoms with Crippen molar-refractivity contribution >= 4 is 29.3 Å². The van der Waals surface area contributed by atoms with E-state index in [9.17, 15) is 14.4 Å². The number of carbonyl (C=O) groups excluding carboxylic acids is 3. The zero-order valence-electron chi connectivity index (χ0n) is 23.4. The molecule has 3 fully saturated rings. The van der Waals surface area contributed by atoms with Crippen LogP contribution in [-0.2, 0) is 14.3 Å². The van der Waals surface area contributed by atoms with Gasteiger partial charge in [-0.3, -0.25) is 14.9 Å². The van der Waals surface area contributed by atoms with Crippen LogP contribution in [0.1, 0.15) is 72.1 Å². The number of benzene rings is 1. The highest BCUT2D eigenvalue weighted by Crippen LogP contribution is 2.28. The van der Waals surface area contributed by atoms with Crippen molar-refractivity contribution in [1.29, 1.82) is 0 Å². The van der Waals surface area contributed by atoms with Crippen LogP contribution >= 0.6 is 0 Å². The number of nitrogens with one attached hydrogen (secondary N) is 3. The molecule has 0 radical (unpaired) electrons. The van der Waals surface area contributed by atoms with Gasteiger partial charge in [-0.2, -0.15) is 0 Å². The Morgan fingerprint density at radius 2 is 1.68 bits per heavy atom. The van der Waals surface area contributed by atoms with Gasteiger partial charge in [0.2, 0.25) is 11.8 Å². The summed E-state index contributed by atoms with van der Waals surface area (Å²) in [5.74, 6) is 0.253. The number of anilines is 2. The van der Waals surface area contributed by atoms with Gasteiger partial charge in [0.15, 0.2) is 0 Å². The van der Waals surface area contributed by atoms with Crippen molar-refractivity contribution in [3.63, 3.8) is 0 Å². The molecule has 2 aliphatic heterocycles. The smallest absolute Gasteiger partial charge is 0.407 e. The third kappa shape index (κ3) is 8.09. The molecule has 2 saturated heterocycles. The summed E-state index contributed by atoms with van der Waals surface area (Å²) in [4.78, 5) is 40.4. The van der Waals surface area contributed by atoms with Crippen LogP contribution in [0.3, 0.4) is 0 Å². The maximum Gasteiger partial charge on any atom is 0.407 e. The van der Waals surface area contributed by atoms with Crippen LogP contribution in [0, 0.1) is 5.92 Å². The second-order valence-corrected chi connectivity index (χ2v) is 12.2. The van der Waals surface area contributed by atoms with Crippen LogP contribution in [0.15, 0.2) is 24.3 Å². The molecule has 1 unspecified atom stereocenters. The molecule has 38 heavy (non-hydrogen) atoms. The fourth-order valence-corrected chi connectivity index (χ4v) is 5.87. The highest BCUT2D eigenvalue weighted by atomic mass is 16.6. The monoisotopic (exact) mass is 527 g/mol. The van der Waals surface area contributed by atoms with Gasteiger partial charge < -0.3 is 25.2 Å². The van der Waals surface area contributed by atoms with Gasteiger partial charge in [0.25, 0.3) is 0 Å². The van der Waals surface area contributed by atoms with Gasteiger partial charge in [-0.15, -0.1) is 0 Å². The molecular weight excluding hydrogens is 482 g/mol. The maximum absolute atomic E-state index is 12.1. The molecule has 1 aromatic carbocycles. The molecular formula is C29H45N5O4. The van der Waals surface area contributed by atoms with E-state index in [4.69, 9.17) is 4.74 Å². The van der Waals surface area contributed by atoms with E-state index in [1.54, 1.807) is 0 Å². The van der Waals surface area contributed by atoms with Gasteiger partial charge in [-0.05, 0) is 103 Å². The maximum atomic E-state index is 12.1. The Kier molecular flexibility index (Phi) is 9.18. The minimum Gasteiger partial charge on any atom is -0.444 e. The molecule has 210 valence electrons. The van der Waals surface area contributed by atoms with Crippen molar-refractivity contribution in [2.24, 2.45) is 5.92 Å². The molecule has 1 saturated carbocycles. The molecule has 4 rings (SSSR count). The number of ether oxygens (including phenoxy) is 1. The summed E-state index contributed by atoms with van der Waals surface area (Å²) in [7, 11) is 2.26. The summed E-state index contributed by atoms with van der Waals surface area (Å²) in [6.07, 6.45) is 7.16. The summed E-state index contributed by atoms with van der Waals surface area (Å²) in [6, 6.07) is 8.70. The number of nitrogens with zero attached hydrogens (tertiary/aromatic N) is 2.